The Morgan fingerprint density at radius 3 is 2.86 bits per heavy atom. The van der Waals surface area contributed by atoms with Gasteiger partial charge in [-0.15, -0.1) is 0 Å². The predicted octanol–water partition coefficient (Wildman–Crippen LogP) is 1.47. The number of hydrogen-bond acceptors (Lipinski definition) is 6. The molecule has 1 unspecified atom stereocenters. The van der Waals surface area contributed by atoms with Crippen molar-refractivity contribution in [2.75, 3.05) is 26.3 Å². The fraction of sp³-hybridized carbons (Fsp3) is 0.733. The Morgan fingerprint density at radius 1 is 1.33 bits per heavy atom. The lowest BCUT2D eigenvalue weighted by Gasteiger charge is -2.32. The van der Waals surface area contributed by atoms with E-state index >= 15 is 0 Å². The van der Waals surface area contributed by atoms with Gasteiger partial charge >= 0.3 is 0 Å². The van der Waals surface area contributed by atoms with Gasteiger partial charge in [-0.1, -0.05) is 0 Å². The summed E-state index contributed by atoms with van der Waals surface area (Å²) in [6.07, 6.45) is 3.10. The molecule has 0 bridgehead atoms. The van der Waals surface area contributed by atoms with Gasteiger partial charge in [0.05, 0.1) is 24.9 Å². The summed E-state index contributed by atoms with van der Waals surface area (Å²) < 4.78 is 17.5. The van der Waals surface area contributed by atoms with Crippen LogP contribution in [0.4, 0.5) is 0 Å². The highest BCUT2D eigenvalue weighted by Crippen LogP contribution is 2.35. The van der Waals surface area contributed by atoms with E-state index in [0.717, 1.165) is 32.4 Å². The topological polar surface area (TPSA) is 65.5 Å². The summed E-state index contributed by atoms with van der Waals surface area (Å²) in [5.41, 5.74) is 0.000734. The number of aryl methyl sites for hydroxylation is 1. The first-order chi connectivity index (χ1) is 10.2. The third kappa shape index (κ3) is 3.44. The molecule has 0 saturated carbocycles. The largest absolute Gasteiger partial charge is 0.478 e. The van der Waals surface area contributed by atoms with Crippen LogP contribution in [0.1, 0.15) is 32.0 Å². The van der Waals surface area contributed by atoms with Gasteiger partial charge in [0.25, 0.3) is 0 Å². The summed E-state index contributed by atoms with van der Waals surface area (Å²) in [5, 5.41) is 3.37. The molecule has 3 heterocycles. The molecule has 6 heteroatoms. The highest BCUT2D eigenvalue weighted by Gasteiger charge is 2.42. The predicted molar refractivity (Wildman–Crippen MR) is 77.8 cm³/mol. The van der Waals surface area contributed by atoms with E-state index in [2.05, 4.69) is 15.3 Å². The van der Waals surface area contributed by atoms with Crippen molar-refractivity contribution in [2.45, 2.75) is 44.8 Å². The molecular weight excluding hydrogens is 270 g/mol. The standard InChI is InChI=1S/C15H23N3O3/c1-3-19-13-8-14(18-11(2)17-13)21-12-9-15(20-10-12)4-6-16-7-5-15/h8,12,16H,3-7,9-10H2,1-2H3. The number of ether oxygens (including phenoxy) is 3. The Kier molecular flexibility index (Phi) is 4.26. The molecule has 1 atom stereocenters. The second-order valence-electron chi connectivity index (χ2n) is 5.71. The Hall–Kier alpha value is -1.40. The molecule has 1 spiro atoms. The molecule has 2 aliphatic rings. The van der Waals surface area contributed by atoms with Gasteiger partial charge in [0.1, 0.15) is 11.9 Å². The molecule has 0 aromatic carbocycles. The minimum atomic E-state index is 0.000734. The van der Waals surface area contributed by atoms with Gasteiger partial charge in [0.15, 0.2) is 0 Å². The van der Waals surface area contributed by atoms with E-state index < -0.39 is 0 Å². The Balaban J connectivity index is 1.64. The van der Waals surface area contributed by atoms with E-state index in [1.165, 1.54) is 0 Å². The zero-order chi connectivity index (χ0) is 14.7. The molecule has 2 fully saturated rings. The van der Waals surface area contributed by atoms with Crippen LogP contribution in [-0.2, 0) is 4.74 Å². The van der Waals surface area contributed by atoms with Gasteiger partial charge in [-0.3, -0.25) is 0 Å². The fourth-order valence-electron chi connectivity index (χ4n) is 3.08. The molecule has 1 aromatic rings. The highest BCUT2D eigenvalue weighted by atomic mass is 16.6. The Bertz CT molecular complexity index is 489. The fourth-order valence-corrected chi connectivity index (χ4v) is 3.08. The molecule has 0 radical (unpaired) electrons. The Morgan fingerprint density at radius 2 is 2.10 bits per heavy atom. The van der Waals surface area contributed by atoms with Gasteiger partial charge in [-0.2, -0.15) is 9.97 Å². The average molecular weight is 293 g/mol. The highest BCUT2D eigenvalue weighted by molar-refractivity contribution is 5.21. The molecular formula is C15H23N3O3. The van der Waals surface area contributed by atoms with Crippen LogP contribution >= 0.6 is 0 Å². The maximum atomic E-state index is 6.03. The zero-order valence-electron chi connectivity index (χ0n) is 12.7. The van der Waals surface area contributed by atoms with Gasteiger partial charge in [-0.25, -0.2) is 0 Å². The second kappa shape index (κ2) is 6.15. The Labute approximate surface area is 125 Å². The number of nitrogens with one attached hydrogen (secondary N) is 1. The quantitative estimate of drug-likeness (QED) is 0.907. The number of piperidine rings is 1. The first kappa shape index (κ1) is 14.5. The monoisotopic (exact) mass is 293 g/mol. The first-order valence-corrected chi connectivity index (χ1v) is 7.69. The van der Waals surface area contributed by atoms with E-state index in [1.54, 1.807) is 6.07 Å². The minimum Gasteiger partial charge on any atom is -0.478 e. The molecule has 2 saturated heterocycles. The first-order valence-electron chi connectivity index (χ1n) is 7.69. The lowest BCUT2D eigenvalue weighted by atomic mass is 9.89. The van der Waals surface area contributed by atoms with Crippen molar-refractivity contribution in [1.82, 2.24) is 15.3 Å². The van der Waals surface area contributed by atoms with E-state index in [1.807, 2.05) is 13.8 Å². The summed E-state index contributed by atoms with van der Waals surface area (Å²) >= 11 is 0. The van der Waals surface area contributed by atoms with Gasteiger partial charge in [0.2, 0.25) is 11.8 Å². The lowest BCUT2D eigenvalue weighted by molar-refractivity contribution is -0.0206. The molecule has 0 aliphatic carbocycles. The molecule has 0 amide bonds. The molecule has 6 nitrogen and oxygen atoms in total. The summed E-state index contributed by atoms with van der Waals surface area (Å²) in [5.74, 6) is 1.80. The molecule has 2 aliphatic heterocycles. The number of aromatic nitrogens is 2. The van der Waals surface area contributed by atoms with Crippen LogP contribution in [0.5, 0.6) is 11.8 Å². The van der Waals surface area contributed by atoms with Crippen molar-refractivity contribution < 1.29 is 14.2 Å². The minimum absolute atomic E-state index is 0.000734. The van der Waals surface area contributed by atoms with Crippen molar-refractivity contribution in [3.05, 3.63) is 11.9 Å². The van der Waals surface area contributed by atoms with Crippen molar-refractivity contribution in [2.24, 2.45) is 0 Å². The van der Waals surface area contributed by atoms with E-state index in [9.17, 15) is 0 Å². The van der Waals surface area contributed by atoms with Crippen LogP contribution in [0, 0.1) is 6.92 Å². The SMILES string of the molecule is CCOc1cc(OC2COC3(CCNCC3)C2)nc(C)n1. The van der Waals surface area contributed by atoms with Crippen LogP contribution in [0.25, 0.3) is 0 Å². The van der Waals surface area contributed by atoms with Gasteiger partial charge < -0.3 is 19.5 Å². The van der Waals surface area contributed by atoms with Crippen LogP contribution in [0.3, 0.4) is 0 Å². The number of rotatable bonds is 4. The van der Waals surface area contributed by atoms with Crippen LogP contribution in [0.15, 0.2) is 6.07 Å². The van der Waals surface area contributed by atoms with E-state index in [0.29, 0.717) is 30.8 Å². The van der Waals surface area contributed by atoms with Gasteiger partial charge in [-0.05, 0) is 39.8 Å². The molecule has 1 N–H and O–H groups in total. The third-order valence-electron chi connectivity index (χ3n) is 4.06. The number of hydrogen-bond donors (Lipinski definition) is 1. The van der Waals surface area contributed by atoms with Crippen LogP contribution in [-0.4, -0.2) is 48.0 Å². The maximum absolute atomic E-state index is 6.03. The van der Waals surface area contributed by atoms with Crippen molar-refractivity contribution in [1.29, 1.82) is 0 Å². The zero-order valence-corrected chi connectivity index (χ0v) is 12.7. The van der Waals surface area contributed by atoms with Crippen molar-refractivity contribution in [3.8, 4) is 11.8 Å². The molecule has 1 aromatic heterocycles. The smallest absolute Gasteiger partial charge is 0.220 e. The third-order valence-corrected chi connectivity index (χ3v) is 4.06. The van der Waals surface area contributed by atoms with Crippen molar-refractivity contribution in [3.63, 3.8) is 0 Å². The summed E-state index contributed by atoms with van der Waals surface area (Å²) in [6, 6.07) is 1.75. The summed E-state index contributed by atoms with van der Waals surface area (Å²) in [6.45, 7) is 7.03. The van der Waals surface area contributed by atoms with Crippen molar-refractivity contribution >= 4 is 0 Å². The molecule has 21 heavy (non-hydrogen) atoms. The number of nitrogens with zero attached hydrogens (tertiary/aromatic N) is 2. The van der Waals surface area contributed by atoms with Crippen LogP contribution in [0.2, 0.25) is 0 Å². The molecule has 116 valence electrons. The summed E-state index contributed by atoms with van der Waals surface area (Å²) in [7, 11) is 0. The summed E-state index contributed by atoms with van der Waals surface area (Å²) in [4.78, 5) is 8.56. The lowest BCUT2D eigenvalue weighted by Crippen LogP contribution is -2.41. The van der Waals surface area contributed by atoms with Crippen LogP contribution < -0.4 is 14.8 Å². The normalized spacial score (nSPS) is 24.2. The molecule has 3 rings (SSSR count). The second-order valence-corrected chi connectivity index (χ2v) is 5.71. The van der Waals surface area contributed by atoms with E-state index in [-0.39, 0.29) is 11.7 Å². The average Bonchev–Trinajstić information content (AvgIpc) is 2.82. The van der Waals surface area contributed by atoms with E-state index in [4.69, 9.17) is 14.2 Å². The maximum Gasteiger partial charge on any atom is 0.220 e. The van der Waals surface area contributed by atoms with Gasteiger partial charge in [0, 0.05) is 6.42 Å².